The molecule has 0 N–H and O–H groups in total. The number of hydrogen-bond donors (Lipinski definition) is 0. The summed E-state index contributed by atoms with van der Waals surface area (Å²) in [7, 11) is 4.27. The minimum absolute atomic E-state index is 0.150. The number of allylic oxidation sites excluding steroid dienone is 2. The number of Topliss-reactive ketones (excluding diaryl/α,β-unsaturated/α-hetero) is 1. The average molecular weight is 418 g/mol. The molecule has 0 saturated carbocycles. The molecule has 4 rings (SSSR count). The second-order valence-electron chi connectivity index (χ2n) is 9.82. The smallest absolute Gasteiger partial charge is 0.129 e. The zero-order valence-electron chi connectivity index (χ0n) is 19.2. The number of rotatable bonds is 6. The van der Waals surface area contributed by atoms with Crippen LogP contribution in [0.25, 0.3) is 5.57 Å². The van der Waals surface area contributed by atoms with Crippen LogP contribution in [0.15, 0.2) is 66.3 Å². The molecule has 0 aliphatic heterocycles. The lowest BCUT2D eigenvalue weighted by Crippen LogP contribution is -2.54. The zero-order chi connectivity index (χ0) is 22.4. The third-order valence-corrected chi connectivity index (χ3v) is 7.35. The molecule has 0 aromatic heterocycles. The second-order valence-corrected chi connectivity index (χ2v) is 9.82. The first-order valence-electron chi connectivity index (χ1n) is 11.1. The third-order valence-electron chi connectivity index (χ3n) is 7.35. The minimum Gasteiger partial charge on any atom is -0.300 e. The molecule has 2 unspecified atom stereocenters. The van der Waals surface area contributed by atoms with Gasteiger partial charge in [0.15, 0.2) is 0 Å². The van der Waals surface area contributed by atoms with Gasteiger partial charge >= 0.3 is 0 Å². The Hall–Kier alpha value is -2.52. The van der Waals surface area contributed by atoms with Crippen molar-refractivity contribution in [1.82, 2.24) is 4.90 Å². The molecule has 2 aromatic rings. The van der Waals surface area contributed by atoms with E-state index in [2.05, 4.69) is 69.3 Å². The third kappa shape index (κ3) is 3.59. The number of nitrogens with zero attached hydrogens (tertiary/aromatic N) is 1. The van der Waals surface area contributed by atoms with Crippen LogP contribution < -0.4 is 0 Å². The van der Waals surface area contributed by atoms with Crippen molar-refractivity contribution in [2.24, 2.45) is 5.92 Å². The Morgan fingerprint density at radius 1 is 1.10 bits per heavy atom. The number of fused-ring (bicyclic) bond motifs is 2. The summed E-state index contributed by atoms with van der Waals surface area (Å²) in [6.45, 7) is 6.08. The number of halogens is 1. The maximum absolute atomic E-state index is 14.2. The lowest BCUT2D eigenvalue weighted by atomic mass is 9.62. The highest BCUT2D eigenvalue weighted by molar-refractivity contribution is 5.88. The molecule has 0 fully saturated rings. The Balaban J connectivity index is 1.88. The van der Waals surface area contributed by atoms with Gasteiger partial charge in [0.05, 0.1) is 0 Å². The Bertz CT molecular complexity index is 1060. The molecule has 0 saturated heterocycles. The van der Waals surface area contributed by atoms with Crippen LogP contribution in [0.4, 0.5) is 4.39 Å². The van der Waals surface area contributed by atoms with Crippen molar-refractivity contribution in [3.63, 3.8) is 0 Å². The van der Waals surface area contributed by atoms with Gasteiger partial charge in [-0.25, -0.2) is 4.39 Å². The SMILES string of the molecule is CC(=O)CCC1C2=C(C=CC1(Cc1ccccc1)N(C)C)c1ccc(F)cc1C2(C)C. The van der Waals surface area contributed by atoms with Gasteiger partial charge in [0.2, 0.25) is 0 Å². The van der Waals surface area contributed by atoms with E-state index in [0.29, 0.717) is 6.42 Å². The fourth-order valence-electron chi connectivity index (χ4n) is 5.76. The van der Waals surface area contributed by atoms with Gasteiger partial charge in [0.1, 0.15) is 11.6 Å². The fraction of sp³-hybridized carbons (Fsp3) is 0.393. The molecule has 0 heterocycles. The zero-order valence-corrected chi connectivity index (χ0v) is 19.2. The van der Waals surface area contributed by atoms with Crippen LogP contribution in [-0.4, -0.2) is 30.3 Å². The highest BCUT2D eigenvalue weighted by atomic mass is 19.1. The summed E-state index contributed by atoms with van der Waals surface area (Å²) in [5.74, 6) is 0.166. The van der Waals surface area contributed by atoms with E-state index in [9.17, 15) is 9.18 Å². The van der Waals surface area contributed by atoms with Crippen molar-refractivity contribution < 1.29 is 9.18 Å². The summed E-state index contributed by atoms with van der Waals surface area (Å²) < 4.78 is 14.2. The molecule has 0 amide bonds. The quantitative estimate of drug-likeness (QED) is 0.577. The molecule has 2 aliphatic carbocycles. The number of hydrogen-bond acceptors (Lipinski definition) is 2. The van der Waals surface area contributed by atoms with Gasteiger partial charge in [0, 0.05) is 23.3 Å². The summed E-state index contributed by atoms with van der Waals surface area (Å²) >= 11 is 0. The van der Waals surface area contributed by atoms with E-state index in [-0.39, 0.29) is 28.5 Å². The number of ketones is 1. The lowest BCUT2D eigenvalue weighted by molar-refractivity contribution is -0.117. The number of likely N-dealkylation sites (N-methyl/N-ethyl adjacent to an activating group) is 1. The molecule has 31 heavy (non-hydrogen) atoms. The Morgan fingerprint density at radius 2 is 1.81 bits per heavy atom. The monoisotopic (exact) mass is 417 g/mol. The van der Waals surface area contributed by atoms with Gasteiger partial charge in [-0.1, -0.05) is 62.4 Å². The van der Waals surface area contributed by atoms with Crippen LogP contribution in [0.5, 0.6) is 0 Å². The van der Waals surface area contributed by atoms with Gasteiger partial charge < -0.3 is 4.79 Å². The van der Waals surface area contributed by atoms with Gasteiger partial charge in [0.25, 0.3) is 0 Å². The molecule has 3 heteroatoms. The fourth-order valence-corrected chi connectivity index (χ4v) is 5.76. The molecule has 2 nitrogen and oxygen atoms in total. The van der Waals surface area contributed by atoms with Crippen LogP contribution in [0.1, 0.15) is 50.3 Å². The predicted molar refractivity (Wildman–Crippen MR) is 125 cm³/mol. The highest BCUT2D eigenvalue weighted by Gasteiger charge is 2.50. The molecular formula is C28H32FNO. The van der Waals surface area contributed by atoms with E-state index in [1.54, 1.807) is 19.1 Å². The first-order chi connectivity index (χ1) is 14.7. The van der Waals surface area contributed by atoms with Crippen molar-refractivity contribution in [3.8, 4) is 0 Å². The van der Waals surface area contributed by atoms with Crippen LogP contribution in [0.2, 0.25) is 0 Å². The molecule has 2 aliphatic rings. The molecule has 0 spiro atoms. The maximum Gasteiger partial charge on any atom is 0.129 e. The maximum atomic E-state index is 14.2. The normalized spacial score (nSPS) is 23.8. The average Bonchev–Trinajstić information content (AvgIpc) is 2.94. The largest absolute Gasteiger partial charge is 0.300 e. The molecule has 162 valence electrons. The van der Waals surface area contributed by atoms with Crippen LogP contribution in [0, 0.1) is 11.7 Å². The summed E-state index contributed by atoms with van der Waals surface area (Å²) in [6, 6.07) is 15.7. The molecular weight excluding hydrogens is 385 g/mol. The topological polar surface area (TPSA) is 20.3 Å². The first-order valence-corrected chi connectivity index (χ1v) is 11.1. The molecule has 2 aromatic carbocycles. The van der Waals surface area contributed by atoms with E-state index in [0.717, 1.165) is 24.0 Å². The minimum atomic E-state index is -0.295. The predicted octanol–water partition coefficient (Wildman–Crippen LogP) is 5.97. The second kappa shape index (κ2) is 7.87. The number of carbonyl (C=O) groups excluding carboxylic acids is 1. The van der Waals surface area contributed by atoms with Crippen LogP contribution in [0.3, 0.4) is 0 Å². The summed E-state index contributed by atoms with van der Waals surface area (Å²) in [4.78, 5) is 14.4. The first kappa shape index (κ1) is 21.7. The van der Waals surface area contributed by atoms with Crippen LogP contribution >= 0.6 is 0 Å². The van der Waals surface area contributed by atoms with Gasteiger partial charge in [-0.05, 0) is 73.8 Å². The van der Waals surface area contributed by atoms with Crippen molar-refractivity contribution >= 4 is 11.4 Å². The van der Waals surface area contributed by atoms with Gasteiger partial charge in [-0.3, -0.25) is 4.90 Å². The summed E-state index contributed by atoms with van der Waals surface area (Å²) in [6.07, 6.45) is 6.76. The van der Waals surface area contributed by atoms with Crippen molar-refractivity contribution in [2.75, 3.05) is 14.1 Å². The summed E-state index contributed by atoms with van der Waals surface area (Å²) in [5.41, 5.74) is 5.43. The van der Waals surface area contributed by atoms with E-state index >= 15 is 0 Å². The Kier molecular flexibility index (Phi) is 5.51. The summed E-state index contributed by atoms with van der Waals surface area (Å²) in [5, 5.41) is 0. The van der Waals surface area contributed by atoms with Crippen molar-refractivity contribution in [1.29, 1.82) is 0 Å². The lowest BCUT2D eigenvalue weighted by Gasteiger charge is -2.49. The Morgan fingerprint density at radius 3 is 2.45 bits per heavy atom. The van der Waals surface area contributed by atoms with Crippen molar-refractivity contribution in [3.05, 3.63) is 88.8 Å². The highest BCUT2D eigenvalue weighted by Crippen LogP contribution is 2.56. The standard InChI is InChI=1S/C28H32FNO/c1-19(31)11-14-24-26-23(22-13-12-21(29)17-25(22)27(26,2)3)15-16-28(24,30(4)5)18-20-9-7-6-8-10-20/h6-10,12-13,15-17,24H,11,14,18H2,1-5H3. The van der Waals surface area contributed by atoms with Gasteiger partial charge in [-0.2, -0.15) is 0 Å². The van der Waals surface area contributed by atoms with Gasteiger partial charge in [-0.15, -0.1) is 0 Å². The molecule has 2 atom stereocenters. The molecule has 0 bridgehead atoms. The molecule has 0 radical (unpaired) electrons. The van der Waals surface area contributed by atoms with E-state index in [1.165, 1.54) is 16.7 Å². The van der Waals surface area contributed by atoms with Crippen molar-refractivity contribution in [2.45, 2.75) is 51.0 Å². The number of benzene rings is 2. The van der Waals surface area contributed by atoms with Crippen LogP contribution in [-0.2, 0) is 16.6 Å². The van der Waals surface area contributed by atoms with E-state index < -0.39 is 0 Å². The van der Waals surface area contributed by atoms with E-state index in [4.69, 9.17) is 0 Å². The Labute approximate surface area is 185 Å². The number of carbonyl (C=O) groups is 1. The van der Waals surface area contributed by atoms with E-state index in [1.807, 2.05) is 12.1 Å².